The Bertz CT molecular complexity index is 673. The molecule has 0 aliphatic carbocycles. The lowest BCUT2D eigenvalue weighted by Gasteiger charge is -2.33. The van der Waals surface area contributed by atoms with Crippen molar-refractivity contribution in [3.63, 3.8) is 0 Å². The van der Waals surface area contributed by atoms with Gasteiger partial charge in [0.1, 0.15) is 11.4 Å². The molecule has 0 bridgehead atoms. The quantitative estimate of drug-likeness (QED) is 0.894. The highest BCUT2D eigenvalue weighted by atomic mass is 16.6. The van der Waals surface area contributed by atoms with Crippen molar-refractivity contribution in [2.45, 2.75) is 52.1 Å². The zero-order valence-corrected chi connectivity index (χ0v) is 15.8. The number of amides is 2. The second-order valence-electron chi connectivity index (χ2n) is 8.09. The van der Waals surface area contributed by atoms with E-state index in [0.717, 1.165) is 36.3 Å². The van der Waals surface area contributed by atoms with Crippen LogP contribution in [0.25, 0.3) is 0 Å². The SMILES string of the molecule is CC(C)(C)OC(=O)N1CCC(COc2ccc3c(c2)CCC(=O)N3)CC1. The van der Waals surface area contributed by atoms with Crippen LogP contribution in [0, 0.1) is 5.92 Å². The lowest BCUT2D eigenvalue weighted by molar-refractivity contribution is -0.116. The predicted molar refractivity (Wildman–Crippen MR) is 99.4 cm³/mol. The third kappa shape index (κ3) is 4.90. The van der Waals surface area contributed by atoms with E-state index in [2.05, 4.69) is 5.32 Å². The molecule has 1 aromatic carbocycles. The standard InChI is InChI=1S/C20H28N2O4/c1-20(2,3)26-19(24)22-10-8-14(9-11-22)13-25-16-5-6-17-15(12-16)4-7-18(23)21-17/h5-6,12,14H,4,7-11,13H2,1-3H3,(H,21,23). The number of fused-ring (bicyclic) bond motifs is 1. The fourth-order valence-corrected chi connectivity index (χ4v) is 3.27. The molecule has 1 aromatic rings. The van der Waals surface area contributed by atoms with Gasteiger partial charge >= 0.3 is 6.09 Å². The first kappa shape index (κ1) is 18.5. The molecule has 6 nitrogen and oxygen atoms in total. The highest BCUT2D eigenvalue weighted by molar-refractivity contribution is 5.93. The molecule has 1 saturated heterocycles. The maximum absolute atomic E-state index is 12.1. The Hall–Kier alpha value is -2.24. The molecule has 0 saturated carbocycles. The normalized spacial score (nSPS) is 18.1. The number of ether oxygens (including phenoxy) is 2. The molecule has 3 rings (SSSR count). The van der Waals surface area contributed by atoms with Crippen LogP contribution in [0.2, 0.25) is 0 Å². The van der Waals surface area contributed by atoms with Gasteiger partial charge in [0.15, 0.2) is 0 Å². The van der Waals surface area contributed by atoms with Crippen molar-refractivity contribution in [2.75, 3.05) is 25.0 Å². The van der Waals surface area contributed by atoms with Crippen LogP contribution >= 0.6 is 0 Å². The van der Waals surface area contributed by atoms with Crippen molar-refractivity contribution in [3.8, 4) is 5.75 Å². The number of likely N-dealkylation sites (tertiary alicyclic amines) is 1. The van der Waals surface area contributed by atoms with Gasteiger partial charge < -0.3 is 19.7 Å². The van der Waals surface area contributed by atoms with Crippen LogP contribution in [0.4, 0.5) is 10.5 Å². The number of piperidine rings is 1. The van der Waals surface area contributed by atoms with E-state index in [-0.39, 0.29) is 12.0 Å². The summed E-state index contributed by atoms with van der Waals surface area (Å²) >= 11 is 0. The summed E-state index contributed by atoms with van der Waals surface area (Å²) in [6, 6.07) is 5.83. The number of benzene rings is 1. The minimum atomic E-state index is -0.455. The van der Waals surface area contributed by atoms with Gasteiger partial charge in [-0.25, -0.2) is 4.79 Å². The summed E-state index contributed by atoms with van der Waals surface area (Å²) in [5.74, 6) is 1.35. The topological polar surface area (TPSA) is 67.9 Å². The third-order valence-corrected chi connectivity index (χ3v) is 4.72. The number of carbonyl (C=O) groups excluding carboxylic acids is 2. The summed E-state index contributed by atoms with van der Waals surface area (Å²) < 4.78 is 11.4. The summed E-state index contributed by atoms with van der Waals surface area (Å²) in [5, 5.41) is 2.88. The molecule has 1 N–H and O–H groups in total. The molecule has 2 aliphatic heterocycles. The number of hydrogen-bond acceptors (Lipinski definition) is 4. The Kier molecular flexibility index (Phi) is 5.39. The van der Waals surface area contributed by atoms with E-state index in [9.17, 15) is 9.59 Å². The van der Waals surface area contributed by atoms with Crippen LogP contribution < -0.4 is 10.1 Å². The van der Waals surface area contributed by atoms with E-state index >= 15 is 0 Å². The van der Waals surface area contributed by atoms with Gasteiger partial charge in [-0.3, -0.25) is 4.79 Å². The number of aryl methyl sites for hydroxylation is 1. The van der Waals surface area contributed by atoms with Crippen LogP contribution in [-0.4, -0.2) is 42.2 Å². The Balaban J connectivity index is 1.45. The van der Waals surface area contributed by atoms with Crippen molar-refractivity contribution < 1.29 is 19.1 Å². The fraction of sp³-hybridized carbons (Fsp3) is 0.600. The number of anilines is 1. The summed E-state index contributed by atoms with van der Waals surface area (Å²) in [5.41, 5.74) is 1.56. The molecular formula is C20H28N2O4. The molecule has 2 aliphatic rings. The summed E-state index contributed by atoms with van der Waals surface area (Å²) in [4.78, 5) is 25.3. The minimum absolute atomic E-state index is 0.0721. The first-order valence-electron chi connectivity index (χ1n) is 9.34. The number of nitrogens with zero attached hydrogens (tertiary/aromatic N) is 1. The number of rotatable bonds is 3. The Morgan fingerprint density at radius 3 is 2.65 bits per heavy atom. The number of carbonyl (C=O) groups is 2. The predicted octanol–water partition coefficient (Wildman–Crippen LogP) is 3.60. The number of hydrogen-bond donors (Lipinski definition) is 1. The Labute approximate surface area is 154 Å². The Morgan fingerprint density at radius 2 is 1.96 bits per heavy atom. The monoisotopic (exact) mass is 360 g/mol. The fourth-order valence-electron chi connectivity index (χ4n) is 3.27. The molecule has 0 atom stereocenters. The van der Waals surface area contributed by atoms with Gasteiger partial charge in [0.2, 0.25) is 5.91 Å². The average molecular weight is 360 g/mol. The average Bonchev–Trinajstić information content (AvgIpc) is 2.59. The summed E-state index contributed by atoms with van der Waals surface area (Å²) in [7, 11) is 0. The second kappa shape index (κ2) is 7.56. The molecule has 26 heavy (non-hydrogen) atoms. The second-order valence-corrected chi connectivity index (χ2v) is 8.09. The molecule has 0 radical (unpaired) electrons. The van der Waals surface area contributed by atoms with Gasteiger partial charge in [-0.05, 0) is 69.7 Å². The maximum atomic E-state index is 12.1. The summed E-state index contributed by atoms with van der Waals surface area (Å²) in [6.07, 6.45) is 2.89. The largest absolute Gasteiger partial charge is 0.493 e. The zero-order chi connectivity index (χ0) is 18.7. The zero-order valence-electron chi connectivity index (χ0n) is 15.8. The lowest BCUT2D eigenvalue weighted by Crippen LogP contribution is -2.42. The van der Waals surface area contributed by atoms with E-state index < -0.39 is 5.60 Å². The first-order valence-corrected chi connectivity index (χ1v) is 9.34. The highest BCUT2D eigenvalue weighted by Gasteiger charge is 2.27. The van der Waals surface area contributed by atoms with Gasteiger partial charge in [0, 0.05) is 25.2 Å². The van der Waals surface area contributed by atoms with E-state index in [1.807, 2.05) is 39.0 Å². The molecule has 2 amide bonds. The molecule has 142 valence electrons. The Morgan fingerprint density at radius 1 is 1.23 bits per heavy atom. The third-order valence-electron chi connectivity index (χ3n) is 4.72. The van der Waals surface area contributed by atoms with Crippen molar-refractivity contribution in [2.24, 2.45) is 5.92 Å². The van der Waals surface area contributed by atoms with Gasteiger partial charge in [-0.1, -0.05) is 0 Å². The van der Waals surface area contributed by atoms with E-state index in [1.54, 1.807) is 4.90 Å². The van der Waals surface area contributed by atoms with E-state index in [0.29, 0.717) is 32.0 Å². The van der Waals surface area contributed by atoms with Crippen molar-refractivity contribution in [1.82, 2.24) is 4.90 Å². The molecule has 2 heterocycles. The van der Waals surface area contributed by atoms with Crippen LogP contribution in [0.15, 0.2) is 18.2 Å². The molecule has 1 fully saturated rings. The van der Waals surface area contributed by atoms with Gasteiger partial charge in [0.25, 0.3) is 0 Å². The van der Waals surface area contributed by atoms with Crippen LogP contribution in [-0.2, 0) is 16.0 Å². The van der Waals surface area contributed by atoms with Crippen LogP contribution in [0.1, 0.15) is 45.6 Å². The molecular weight excluding hydrogens is 332 g/mol. The van der Waals surface area contributed by atoms with Crippen molar-refractivity contribution in [3.05, 3.63) is 23.8 Å². The van der Waals surface area contributed by atoms with Gasteiger partial charge in [0.05, 0.1) is 6.61 Å². The number of nitrogens with one attached hydrogen (secondary N) is 1. The lowest BCUT2D eigenvalue weighted by atomic mass is 9.98. The molecule has 0 aromatic heterocycles. The molecule has 0 unspecified atom stereocenters. The van der Waals surface area contributed by atoms with Crippen LogP contribution in [0.5, 0.6) is 5.75 Å². The maximum Gasteiger partial charge on any atom is 0.410 e. The smallest absolute Gasteiger partial charge is 0.410 e. The van der Waals surface area contributed by atoms with Crippen molar-refractivity contribution in [1.29, 1.82) is 0 Å². The molecule has 6 heteroatoms. The van der Waals surface area contributed by atoms with Gasteiger partial charge in [-0.2, -0.15) is 0 Å². The highest BCUT2D eigenvalue weighted by Crippen LogP contribution is 2.28. The first-order chi connectivity index (χ1) is 12.3. The van der Waals surface area contributed by atoms with Gasteiger partial charge in [-0.15, -0.1) is 0 Å². The summed E-state index contributed by atoms with van der Waals surface area (Å²) in [6.45, 7) is 7.71. The van der Waals surface area contributed by atoms with E-state index in [4.69, 9.17) is 9.47 Å². The molecule has 0 spiro atoms. The minimum Gasteiger partial charge on any atom is -0.493 e. The van der Waals surface area contributed by atoms with Crippen LogP contribution in [0.3, 0.4) is 0 Å². The van der Waals surface area contributed by atoms with Crippen molar-refractivity contribution >= 4 is 17.7 Å². The van der Waals surface area contributed by atoms with E-state index in [1.165, 1.54) is 0 Å².